The third-order valence-corrected chi connectivity index (χ3v) is 4.38. The van der Waals surface area contributed by atoms with Crippen molar-refractivity contribution in [1.29, 1.82) is 0 Å². The number of benzene rings is 1. The van der Waals surface area contributed by atoms with E-state index in [2.05, 4.69) is 47.7 Å². The zero-order valence-electron chi connectivity index (χ0n) is 14.0. The molecule has 0 saturated carbocycles. The van der Waals surface area contributed by atoms with E-state index in [4.69, 9.17) is 0 Å². The molecule has 1 atom stereocenters. The van der Waals surface area contributed by atoms with E-state index < -0.39 is 0 Å². The molecular weight excluding hydrogens is 286 g/mol. The predicted octanol–water partition coefficient (Wildman–Crippen LogP) is 3.13. The number of rotatable bonds is 6. The van der Waals surface area contributed by atoms with Crippen LogP contribution in [0.25, 0.3) is 0 Å². The summed E-state index contributed by atoms with van der Waals surface area (Å²) in [6, 6.07) is 10.4. The lowest BCUT2D eigenvalue weighted by Gasteiger charge is -2.18. The molecule has 122 valence electrons. The second kappa shape index (κ2) is 6.99. The molecule has 0 aliphatic carbocycles. The monoisotopic (exact) mass is 311 g/mol. The number of aromatic nitrogens is 2. The second-order valence-corrected chi connectivity index (χ2v) is 6.97. The van der Waals surface area contributed by atoms with E-state index >= 15 is 0 Å². The van der Waals surface area contributed by atoms with Crippen molar-refractivity contribution in [3.8, 4) is 0 Å². The van der Waals surface area contributed by atoms with Crippen molar-refractivity contribution < 1.29 is 4.79 Å². The molecule has 4 heteroatoms. The van der Waals surface area contributed by atoms with E-state index in [-0.39, 0.29) is 5.91 Å². The Kier molecular flexibility index (Phi) is 4.79. The highest BCUT2D eigenvalue weighted by Crippen LogP contribution is 2.23. The van der Waals surface area contributed by atoms with Crippen LogP contribution < -0.4 is 0 Å². The Bertz CT molecular complexity index is 648. The maximum absolute atomic E-state index is 12.3. The van der Waals surface area contributed by atoms with Gasteiger partial charge in [-0.3, -0.25) is 4.79 Å². The van der Waals surface area contributed by atoms with Crippen molar-refractivity contribution in [3.63, 3.8) is 0 Å². The third kappa shape index (κ3) is 4.01. The average molecular weight is 311 g/mol. The number of carbonyl (C=O) groups is 1. The van der Waals surface area contributed by atoms with Crippen molar-refractivity contribution in [1.82, 2.24) is 14.5 Å². The molecule has 1 aliphatic rings. The van der Waals surface area contributed by atoms with Gasteiger partial charge in [0, 0.05) is 25.7 Å². The Morgan fingerprint density at radius 2 is 2.04 bits per heavy atom. The van der Waals surface area contributed by atoms with Gasteiger partial charge in [-0.15, -0.1) is 0 Å². The van der Waals surface area contributed by atoms with E-state index in [1.54, 1.807) is 0 Å². The topological polar surface area (TPSA) is 38.1 Å². The number of carbonyl (C=O) groups excluding carboxylic acids is 1. The first-order valence-corrected chi connectivity index (χ1v) is 8.42. The minimum Gasteiger partial charge on any atom is -0.337 e. The lowest BCUT2D eigenvalue weighted by molar-refractivity contribution is -0.128. The number of hydrogen-bond donors (Lipinski definition) is 0. The highest BCUT2D eigenvalue weighted by atomic mass is 16.2. The smallest absolute Gasteiger partial charge is 0.223 e. The van der Waals surface area contributed by atoms with Gasteiger partial charge >= 0.3 is 0 Å². The van der Waals surface area contributed by atoms with Crippen molar-refractivity contribution in [2.45, 2.75) is 39.8 Å². The molecule has 0 radical (unpaired) electrons. The van der Waals surface area contributed by atoms with Gasteiger partial charge in [-0.05, 0) is 23.8 Å². The van der Waals surface area contributed by atoms with Gasteiger partial charge in [0.1, 0.15) is 0 Å². The SMILES string of the molecule is CC(C)Cn1cncc1CN1C[C@@H](Cc2ccccc2)CC1=O. The fourth-order valence-electron chi connectivity index (χ4n) is 3.32. The number of likely N-dealkylation sites (tertiary alicyclic amines) is 1. The molecule has 2 heterocycles. The number of nitrogens with zero attached hydrogens (tertiary/aromatic N) is 3. The molecule has 0 spiro atoms. The number of amides is 1. The summed E-state index contributed by atoms with van der Waals surface area (Å²) in [6.07, 6.45) is 5.40. The van der Waals surface area contributed by atoms with Crippen molar-refractivity contribution >= 4 is 5.91 Å². The van der Waals surface area contributed by atoms with E-state index in [0.717, 1.165) is 25.2 Å². The van der Waals surface area contributed by atoms with Crippen LogP contribution in [0.1, 0.15) is 31.5 Å². The van der Waals surface area contributed by atoms with Crippen LogP contribution in [0.5, 0.6) is 0 Å². The molecule has 1 fully saturated rings. The normalized spacial score (nSPS) is 18.1. The molecule has 2 aromatic rings. The lowest BCUT2D eigenvalue weighted by Crippen LogP contribution is -2.26. The zero-order valence-corrected chi connectivity index (χ0v) is 14.0. The Morgan fingerprint density at radius 1 is 1.26 bits per heavy atom. The van der Waals surface area contributed by atoms with Crippen LogP contribution in [0.4, 0.5) is 0 Å². The molecule has 4 nitrogen and oxygen atoms in total. The maximum atomic E-state index is 12.3. The van der Waals surface area contributed by atoms with Crippen LogP contribution in [-0.2, 0) is 24.3 Å². The Labute approximate surface area is 138 Å². The van der Waals surface area contributed by atoms with Gasteiger partial charge in [-0.25, -0.2) is 4.98 Å². The molecule has 0 N–H and O–H groups in total. The lowest BCUT2D eigenvalue weighted by atomic mass is 9.99. The van der Waals surface area contributed by atoms with Crippen LogP contribution in [-0.4, -0.2) is 26.9 Å². The van der Waals surface area contributed by atoms with Crippen LogP contribution in [0, 0.1) is 11.8 Å². The molecule has 0 bridgehead atoms. The molecule has 3 rings (SSSR count). The van der Waals surface area contributed by atoms with Crippen LogP contribution >= 0.6 is 0 Å². The predicted molar refractivity (Wildman–Crippen MR) is 90.7 cm³/mol. The molecule has 1 aromatic heterocycles. The fraction of sp³-hybridized carbons (Fsp3) is 0.474. The molecule has 1 aromatic carbocycles. The molecule has 1 amide bonds. The summed E-state index contributed by atoms with van der Waals surface area (Å²) >= 11 is 0. The summed E-state index contributed by atoms with van der Waals surface area (Å²) in [5.41, 5.74) is 2.45. The van der Waals surface area contributed by atoms with Crippen LogP contribution in [0.2, 0.25) is 0 Å². The highest BCUT2D eigenvalue weighted by Gasteiger charge is 2.30. The van der Waals surface area contributed by atoms with Gasteiger partial charge in [0.15, 0.2) is 0 Å². The van der Waals surface area contributed by atoms with Crippen LogP contribution in [0.15, 0.2) is 42.9 Å². The van der Waals surface area contributed by atoms with Gasteiger partial charge < -0.3 is 9.47 Å². The first-order chi connectivity index (χ1) is 11.1. The van der Waals surface area contributed by atoms with Gasteiger partial charge in [-0.1, -0.05) is 44.2 Å². The van der Waals surface area contributed by atoms with Crippen LogP contribution in [0.3, 0.4) is 0 Å². The van der Waals surface area contributed by atoms with E-state index in [9.17, 15) is 4.79 Å². The van der Waals surface area contributed by atoms with E-state index in [1.165, 1.54) is 5.56 Å². The van der Waals surface area contributed by atoms with Crippen molar-refractivity contribution in [3.05, 3.63) is 54.1 Å². The minimum atomic E-state index is 0.267. The zero-order chi connectivity index (χ0) is 16.2. The highest BCUT2D eigenvalue weighted by molar-refractivity contribution is 5.78. The van der Waals surface area contributed by atoms with E-state index in [1.807, 2.05) is 23.5 Å². The summed E-state index contributed by atoms with van der Waals surface area (Å²) in [4.78, 5) is 18.6. The Balaban J connectivity index is 1.61. The molecule has 1 aliphatic heterocycles. The summed E-state index contributed by atoms with van der Waals surface area (Å²) in [5, 5.41) is 0. The summed E-state index contributed by atoms with van der Waals surface area (Å²) in [7, 11) is 0. The Morgan fingerprint density at radius 3 is 2.78 bits per heavy atom. The van der Waals surface area contributed by atoms with Gasteiger partial charge in [-0.2, -0.15) is 0 Å². The van der Waals surface area contributed by atoms with Crippen molar-refractivity contribution in [2.24, 2.45) is 11.8 Å². The minimum absolute atomic E-state index is 0.267. The molecule has 0 unspecified atom stereocenters. The van der Waals surface area contributed by atoms with Crippen molar-refractivity contribution in [2.75, 3.05) is 6.54 Å². The first-order valence-electron chi connectivity index (χ1n) is 8.42. The maximum Gasteiger partial charge on any atom is 0.223 e. The molecule has 23 heavy (non-hydrogen) atoms. The van der Waals surface area contributed by atoms with Gasteiger partial charge in [0.05, 0.1) is 18.6 Å². The van der Waals surface area contributed by atoms with Gasteiger partial charge in [0.25, 0.3) is 0 Å². The molecule has 1 saturated heterocycles. The summed E-state index contributed by atoms with van der Waals surface area (Å²) < 4.78 is 2.17. The second-order valence-electron chi connectivity index (χ2n) is 6.97. The summed E-state index contributed by atoms with van der Waals surface area (Å²) in [6.45, 7) is 6.86. The first kappa shape index (κ1) is 15.8. The standard InChI is InChI=1S/C19H25N3O/c1-15(2)11-22-14-20-10-18(22)13-21-12-17(9-19(21)23)8-16-6-4-3-5-7-16/h3-7,10,14-15,17H,8-9,11-13H2,1-2H3/t17-/m0/s1. The quantitative estimate of drug-likeness (QED) is 0.822. The summed E-state index contributed by atoms with van der Waals surface area (Å²) in [5.74, 6) is 1.26. The van der Waals surface area contributed by atoms with Gasteiger partial charge in [0.2, 0.25) is 5.91 Å². The third-order valence-electron chi connectivity index (χ3n) is 4.38. The largest absolute Gasteiger partial charge is 0.337 e. The number of hydrogen-bond acceptors (Lipinski definition) is 2. The average Bonchev–Trinajstić information content (AvgIpc) is 3.07. The van der Waals surface area contributed by atoms with E-state index in [0.29, 0.717) is 24.8 Å². The number of imidazole rings is 1. The fourth-order valence-corrected chi connectivity index (χ4v) is 3.32. The molecular formula is C19H25N3O. The Hall–Kier alpha value is -2.10.